The molecule has 1 aliphatic heterocycles. The van der Waals surface area contributed by atoms with Crippen LogP contribution in [0.3, 0.4) is 0 Å². The first-order chi connectivity index (χ1) is 8.78. The Morgan fingerprint density at radius 3 is 3.17 bits per heavy atom. The number of ether oxygens (including phenoxy) is 1. The number of thioether (sulfide) groups is 1. The van der Waals surface area contributed by atoms with Gasteiger partial charge in [-0.2, -0.15) is 0 Å². The first-order valence-electron chi connectivity index (χ1n) is 6.08. The summed E-state index contributed by atoms with van der Waals surface area (Å²) in [6.07, 6.45) is 4.65. The van der Waals surface area contributed by atoms with Crippen molar-refractivity contribution in [3.63, 3.8) is 0 Å². The number of hydrogen-bond acceptors (Lipinski definition) is 3. The zero-order chi connectivity index (χ0) is 12.8. The molecule has 0 bridgehead atoms. The lowest BCUT2D eigenvalue weighted by Crippen LogP contribution is -2.34. The van der Waals surface area contributed by atoms with Crippen LogP contribution in [0.4, 0.5) is 5.69 Å². The van der Waals surface area contributed by atoms with Crippen LogP contribution in [-0.2, 0) is 4.74 Å². The molecule has 0 amide bonds. The third-order valence-corrected chi connectivity index (χ3v) is 3.81. The first kappa shape index (κ1) is 13.6. The summed E-state index contributed by atoms with van der Waals surface area (Å²) in [5, 5.41) is 7.05. The molecule has 1 saturated heterocycles. The number of thiocarbonyl (C=S) groups is 1. The van der Waals surface area contributed by atoms with E-state index in [0.29, 0.717) is 11.2 Å². The first-order valence-corrected chi connectivity index (χ1v) is 7.72. The number of nitrogens with one attached hydrogen (secondary N) is 2. The molecule has 2 rings (SSSR count). The number of hydrogen-bond donors (Lipinski definition) is 2. The van der Waals surface area contributed by atoms with Crippen molar-refractivity contribution in [3.05, 3.63) is 24.3 Å². The molecule has 0 spiro atoms. The third-order valence-electron chi connectivity index (χ3n) is 2.84. The molecule has 0 aromatic heterocycles. The van der Waals surface area contributed by atoms with Crippen LogP contribution in [0.25, 0.3) is 0 Å². The smallest absolute Gasteiger partial charge is 0.170 e. The summed E-state index contributed by atoms with van der Waals surface area (Å²) in [4.78, 5) is 1.22. The summed E-state index contributed by atoms with van der Waals surface area (Å²) < 4.78 is 5.54. The van der Waals surface area contributed by atoms with Crippen molar-refractivity contribution in [1.29, 1.82) is 0 Å². The number of benzene rings is 1. The van der Waals surface area contributed by atoms with Gasteiger partial charge in [-0.3, -0.25) is 0 Å². The fraction of sp³-hybridized carbons (Fsp3) is 0.462. The van der Waals surface area contributed by atoms with E-state index < -0.39 is 0 Å². The van der Waals surface area contributed by atoms with E-state index in [1.807, 2.05) is 12.1 Å². The van der Waals surface area contributed by atoms with Gasteiger partial charge in [-0.1, -0.05) is 6.07 Å². The molecule has 1 aliphatic rings. The molecule has 5 heteroatoms. The fourth-order valence-corrected chi connectivity index (χ4v) is 2.55. The Balaban J connectivity index is 1.78. The minimum absolute atomic E-state index is 0.308. The van der Waals surface area contributed by atoms with E-state index in [9.17, 15) is 0 Å². The lowest BCUT2D eigenvalue weighted by atomic mass is 10.2. The molecule has 1 atom stereocenters. The maximum Gasteiger partial charge on any atom is 0.170 e. The van der Waals surface area contributed by atoms with Crippen molar-refractivity contribution in [2.75, 3.05) is 24.7 Å². The Morgan fingerprint density at radius 1 is 1.56 bits per heavy atom. The predicted octanol–water partition coefficient (Wildman–Crippen LogP) is 2.87. The SMILES string of the molecule is CSc1cccc(NC(=S)NC[C@@H]2CCCO2)c1. The highest BCUT2D eigenvalue weighted by molar-refractivity contribution is 7.98. The molecule has 1 aromatic carbocycles. The van der Waals surface area contributed by atoms with Gasteiger partial charge in [0.15, 0.2) is 5.11 Å². The van der Waals surface area contributed by atoms with Gasteiger partial charge in [0.2, 0.25) is 0 Å². The minimum atomic E-state index is 0.308. The highest BCUT2D eigenvalue weighted by Gasteiger charge is 2.15. The highest BCUT2D eigenvalue weighted by Crippen LogP contribution is 2.18. The van der Waals surface area contributed by atoms with Gasteiger partial charge in [0.1, 0.15) is 0 Å². The van der Waals surface area contributed by atoms with Gasteiger partial charge in [0.25, 0.3) is 0 Å². The van der Waals surface area contributed by atoms with Crippen molar-refractivity contribution < 1.29 is 4.74 Å². The highest BCUT2D eigenvalue weighted by atomic mass is 32.2. The van der Waals surface area contributed by atoms with E-state index >= 15 is 0 Å². The average Bonchev–Trinajstić information content (AvgIpc) is 2.90. The minimum Gasteiger partial charge on any atom is -0.376 e. The van der Waals surface area contributed by atoms with Crippen LogP contribution in [0.1, 0.15) is 12.8 Å². The molecule has 0 aliphatic carbocycles. The summed E-state index contributed by atoms with van der Waals surface area (Å²) in [5.74, 6) is 0. The van der Waals surface area contributed by atoms with Crippen molar-refractivity contribution in [3.8, 4) is 0 Å². The molecule has 3 nitrogen and oxygen atoms in total. The van der Waals surface area contributed by atoms with Crippen LogP contribution in [0, 0.1) is 0 Å². The van der Waals surface area contributed by atoms with Crippen LogP contribution >= 0.6 is 24.0 Å². The van der Waals surface area contributed by atoms with Crippen molar-refractivity contribution in [1.82, 2.24) is 5.32 Å². The molecule has 2 N–H and O–H groups in total. The second-order valence-corrected chi connectivity index (χ2v) is 5.49. The van der Waals surface area contributed by atoms with E-state index in [-0.39, 0.29) is 0 Å². The van der Waals surface area contributed by atoms with Crippen molar-refractivity contribution in [2.24, 2.45) is 0 Å². The third kappa shape index (κ3) is 4.15. The zero-order valence-electron chi connectivity index (χ0n) is 10.4. The molecule has 1 fully saturated rings. The maximum atomic E-state index is 5.54. The van der Waals surface area contributed by atoms with Gasteiger partial charge in [-0.15, -0.1) is 11.8 Å². The summed E-state index contributed by atoms with van der Waals surface area (Å²) in [6, 6.07) is 8.21. The van der Waals surface area contributed by atoms with Gasteiger partial charge < -0.3 is 15.4 Å². The molecule has 0 radical (unpaired) electrons. The predicted molar refractivity (Wildman–Crippen MR) is 81.4 cm³/mol. The van der Waals surface area contributed by atoms with Gasteiger partial charge in [0.05, 0.1) is 6.10 Å². The fourth-order valence-electron chi connectivity index (χ4n) is 1.89. The largest absolute Gasteiger partial charge is 0.376 e. The molecular weight excluding hydrogens is 264 g/mol. The summed E-state index contributed by atoms with van der Waals surface area (Å²) in [6.45, 7) is 1.66. The summed E-state index contributed by atoms with van der Waals surface area (Å²) >= 11 is 6.99. The average molecular weight is 282 g/mol. The van der Waals surface area contributed by atoms with E-state index in [1.54, 1.807) is 11.8 Å². The van der Waals surface area contributed by atoms with Crippen LogP contribution in [0.5, 0.6) is 0 Å². The Hall–Kier alpha value is -0.780. The quantitative estimate of drug-likeness (QED) is 0.655. The van der Waals surface area contributed by atoms with E-state index in [1.165, 1.54) is 4.90 Å². The van der Waals surface area contributed by atoms with Crippen LogP contribution in [0.2, 0.25) is 0 Å². The lowest BCUT2D eigenvalue weighted by molar-refractivity contribution is 0.114. The number of rotatable bonds is 4. The maximum absolute atomic E-state index is 5.54. The second-order valence-electron chi connectivity index (χ2n) is 4.20. The van der Waals surface area contributed by atoms with Gasteiger partial charge in [-0.25, -0.2) is 0 Å². The summed E-state index contributed by atoms with van der Waals surface area (Å²) in [5.41, 5.74) is 1.02. The molecule has 98 valence electrons. The van der Waals surface area contributed by atoms with Crippen LogP contribution in [0.15, 0.2) is 29.2 Å². The van der Waals surface area contributed by atoms with Gasteiger partial charge in [0, 0.05) is 23.7 Å². The van der Waals surface area contributed by atoms with Crippen LogP contribution in [-0.4, -0.2) is 30.6 Å². The molecular formula is C13H18N2OS2. The molecule has 0 saturated carbocycles. The topological polar surface area (TPSA) is 33.3 Å². The van der Waals surface area contributed by atoms with E-state index in [4.69, 9.17) is 17.0 Å². The number of anilines is 1. The van der Waals surface area contributed by atoms with Crippen molar-refractivity contribution >= 4 is 34.8 Å². The summed E-state index contributed by atoms with van der Waals surface area (Å²) in [7, 11) is 0. The molecule has 1 aromatic rings. The second kappa shape index (κ2) is 6.97. The van der Waals surface area contributed by atoms with Gasteiger partial charge in [-0.05, 0) is 49.5 Å². The van der Waals surface area contributed by atoms with Crippen LogP contribution < -0.4 is 10.6 Å². The van der Waals surface area contributed by atoms with E-state index in [2.05, 4.69) is 29.0 Å². The van der Waals surface area contributed by atoms with Gasteiger partial charge >= 0.3 is 0 Å². The normalized spacial score (nSPS) is 18.6. The standard InChI is InChI=1S/C13H18N2OS2/c1-18-12-6-2-4-10(8-12)15-13(17)14-9-11-5-3-7-16-11/h2,4,6,8,11H,3,5,7,9H2,1H3,(H2,14,15,17)/t11-/m0/s1. The monoisotopic (exact) mass is 282 g/mol. The molecule has 1 heterocycles. The molecule has 18 heavy (non-hydrogen) atoms. The molecule has 0 unspecified atom stereocenters. The zero-order valence-corrected chi connectivity index (χ0v) is 12.1. The Morgan fingerprint density at radius 2 is 2.44 bits per heavy atom. The Bertz CT molecular complexity index is 406. The Kier molecular flexibility index (Phi) is 5.28. The lowest BCUT2D eigenvalue weighted by Gasteiger charge is -2.14. The van der Waals surface area contributed by atoms with Crippen molar-refractivity contribution in [2.45, 2.75) is 23.8 Å². The van der Waals surface area contributed by atoms with E-state index in [0.717, 1.165) is 31.7 Å². The Labute approximate surface area is 118 Å².